The van der Waals surface area contributed by atoms with Gasteiger partial charge in [-0.15, -0.1) is 0 Å². The summed E-state index contributed by atoms with van der Waals surface area (Å²) in [5.74, 6) is -0.606. The number of hydrogen-bond acceptors (Lipinski definition) is 6. The summed E-state index contributed by atoms with van der Waals surface area (Å²) in [5.41, 5.74) is 6.76. The van der Waals surface area contributed by atoms with Crippen molar-refractivity contribution in [3.63, 3.8) is 0 Å². The molecule has 7 nitrogen and oxygen atoms in total. The maximum atomic E-state index is 12.7. The number of hydrogen-bond donors (Lipinski definition) is 1. The van der Waals surface area contributed by atoms with Gasteiger partial charge in [0.05, 0.1) is 23.7 Å². The zero-order valence-electron chi connectivity index (χ0n) is 14.4. The number of anilines is 1. The van der Waals surface area contributed by atoms with Gasteiger partial charge in [0.15, 0.2) is 0 Å². The van der Waals surface area contributed by atoms with Crippen LogP contribution in [0.4, 0.5) is 5.69 Å². The van der Waals surface area contributed by atoms with Gasteiger partial charge >= 0.3 is 5.97 Å². The molecular weight excluding hydrogens is 392 g/mol. The molecule has 1 fully saturated rings. The van der Waals surface area contributed by atoms with Crippen molar-refractivity contribution < 1.29 is 22.7 Å². The Labute approximate surface area is 162 Å². The predicted molar refractivity (Wildman–Crippen MR) is 101 cm³/mol. The van der Waals surface area contributed by atoms with Crippen LogP contribution in [0.15, 0.2) is 47.4 Å². The molecule has 1 aliphatic heterocycles. The molecule has 3 rings (SSSR count). The molecule has 27 heavy (non-hydrogen) atoms. The van der Waals surface area contributed by atoms with Crippen LogP contribution in [0, 0.1) is 0 Å². The minimum atomic E-state index is -3.61. The summed E-state index contributed by atoms with van der Waals surface area (Å²) in [6.07, 6.45) is 0. The van der Waals surface area contributed by atoms with Crippen LogP contribution in [0.2, 0.25) is 5.02 Å². The van der Waals surface area contributed by atoms with Crippen molar-refractivity contribution in [2.45, 2.75) is 11.5 Å². The maximum Gasteiger partial charge on any atom is 0.340 e. The lowest BCUT2D eigenvalue weighted by Gasteiger charge is -2.26. The average molecular weight is 411 g/mol. The van der Waals surface area contributed by atoms with Gasteiger partial charge in [-0.05, 0) is 35.9 Å². The van der Waals surface area contributed by atoms with Crippen LogP contribution in [0.1, 0.15) is 15.9 Å². The molecule has 2 N–H and O–H groups in total. The van der Waals surface area contributed by atoms with E-state index >= 15 is 0 Å². The lowest BCUT2D eigenvalue weighted by molar-refractivity contribution is 0.0473. The van der Waals surface area contributed by atoms with E-state index in [0.717, 1.165) is 0 Å². The Balaban J connectivity index is 1.71. The second-order valence-corrected chi connectivity index (χ2v) is 8.35. The Hall–Kier alpha value is -2.13. The van der Waals surface area contributed by atoms with E-state index in [0.29, 0.717) is 36.9 Å². The molecule has 1 saturated heterocycles. The molecule has 0 saturated carbocycles. The first kappa shape index (κ1) is 19.6. The Morgan fingerprint density at radius 2 is 1.93 bits per heavy atom. The van der Waals surface area contributed by atoms with Gasteiger partial charge in [-0.3, -0.25) is 0 Å². The molecule has 0 radical (unpaired) electrons. The lowest BCUT2D eigenvalue weighted by Crippen LogP contribution is -2.40. The standard InChI is InChI=1S/C18H19ClN2O5S/c19-14-4-5-16(17(20)11-14)18(22)26-12-13-2-1-3-15(10-13)27(23,24)21-6-8-25-9-7-21/h1-5,10-11H,6-9,12,20H2. The lowest BCUT2D eigenvalue weighted by atomic mass is 10.2. The largest absolute Gasteiger partial charge is 0.457 e. The minimum Gasteiger partial charge on any atom is -0.457 e. The van der Waals surface area contributed by atoms with Crippen LogP contribution in [-0.2, 0) is 26.1 Å². The third kappa shape index (κ3) is 4.59. The molecule has 2 aromatic carbocycles. The van der Waals surface area contributed by atoms with E-state index in [1.807, 2.05) is 0 Å². The number of sulfonamides is 1. The average Bonchev–Trinajstić information content (AvgIpc) is 2.67. The number of nitrogens with zero attached hydrogens (tertiary/aromatic N) is 1. The Bertz CT molecular complexity index is 943. The quantitative estimate of drug-likeness (QED) is 0.599. The second-order valence-electron chi connectivity index (χ2n) is 5.97. The van der Waals surface area contributed by atoms with Crippen molar-refractivity contribution in [2.24, 2.45) is 0 Å². The number of morpholine rings is 1. The molecule has 1 heterocycles. The van der Waals surface area contributed by atoms with Crippen molar-refractivity contribution >= 4 is 33.3 Å². The molecule has 2 aromatic rings. The first-order valence-electron chi connectivity index (χ1n) is 8.27. The number of nitrogen functional groups attached to an aromatic ring is 1. The molecule has 144 valence electrons. The van der Waals surface area contributed by atoms with Crippen LogP contribution in [-0.4, -0.2) is 45.0 Å². The topological polar surface area (TPSA) is 98.9 Å². The van der Waals surface area contributed by atoms with E-state index in [9.17, 15) is 13.2 Å². The summed E-state index contributed by atoms with van der Waals surface area (Å²) < 4.78 is 37.3. The molecule has 0 aliphatic carbocycles. The molecule has 0 atom stereocenters. The van der Waals surface area contributed by atoms with E-state index in [-0.39, 0.29) is 22.8 Å². The molecule has 0 aromatic heterocycles. The Kier molecular flexibility index (Phi) is 6.01. The monoisotopic (exact) mass is 410 g/mol. The summed E-state index contributed by atoms with van der Waals surface area (Å²) in [5, 5.41) is 0.421. The van der Waals surface area contributed by atoms with E-state index in [4.69, 9.17) is 26.8 Å². The van der Waals surface area contributed by atoms with Crippen LogP contribution in [0.5, 0.6) is 0 Å². The summed E-state index contributed by atoms with van der Waals surface area (Å²) >= 11 is 5.82. The van der Waals surface area contributed by atoms with Crippen molar-refractivity contribution in [1.82, 2.24) is 4.31 Å². The van der Waals surface area contributed by atoms with Gasteiger partial charge in [0.1, 0.15) is 6.61 Å². The normalized spacial score (nSPS) is 15.4. The number of esters is 1. The summed E-state index contributed by atoms with van der Waals surface area (Å²) in [6.45, 7) is 1.31. The summed E-state index contributed by atoms with van der Waals surface area (Å²) in [7, 11) is -3.61. The molecule has 1 aliphatic rings. The molecule has 0 bridgehead atoms. The van der Waals surface area contributed by atoms with Crippen LogP contribution < -0.4 is 5.73 Å². The predicted octanol–water partition coefficient (Wildman–Crippen LogP) is 2.30. The van der Waals surface area contributed by atoms with Crippen molar-refractivity contribution in [1.29, 1.82) is 0 Å². The van der Waals surface area contributed by atoms with Crippen LogP contribution in [0.25, 0.3) is 0 Å². The first-order valence-corrected chi connectivity index (χ1v) is 10.1. The van der Waals surface area contributed by atoms with Gasteiger partial charge in [-0.25, -0.2) is 13.2 Å². The Morgan fingerprint density at radius 3 is 2.63 bits per heavy atom. The zero-order chi connectivity index (χ0) is 19.4. The summed E-state index contributed by atoms with van der Waals surface area (Å²) in [6, 6.07) is 10.8. The number of carbonyl (C=O) groups excluding carboxylic acids is 1. The van der Waals surface area contributed by atoms with Crippen LogP contribution in [0.3, 0.4) is 0 Å². The number of nitrogens with two attached hydrogens (primary N) is 1. The first-order chi connectivity index (χ1) is 12.9. The highest BCUT2D eigenvalue weighted by Crippen LogP contribution is 2.21. The van der Waals surface area contributed by atoms with Gasteiger partial charge in [-0.2, -0.15) is 4.31 Å². The number of halogens is 1. The van der Waals surface area contributed by atoms with Crippen molar-refractivity contribution in [3.8, 4) is 0 Å². The van der Waals surface area contributed by atoms with Gasteiger partial charge in [0, 0.05) is 23.8 Å². The smallest absolute Gasteiger partial charge is 0.340 e. The maximum absolute atomic E-state index is 12.7. The highest BCUT2D eigenvalue weighted by atomic mass is 35.5. The highest BCUT2D eigenvalue weighted by Gasteiger charge is 2.26. The second kappa shape index (κ2) is 8.26. The van der Waals surface area contributed by atoms with Crippen molar-refractivity contribution in [3.05, 3.63) is 58.6 Å². The number of benzene rings is 2. The fraction of sp³-hybridized carbons (Fsp3) is 0.278. The molecule has 0 unspecified atom stereocenters. The van der Waals surface area contributed by atoms with Gasteiger partial charge in [0.25, 0.3) is 0 Å². The van der Waals surface area contributed by atoms with E-state index in [1.54, 1.807) is 18.2 Å². The molecule has 0 spiro atoms. The van der Waals surface area contributed by atoms with E-state index in [2.05, 4.69) is 0 Å². The summed E-state index contributed by atoms with van der Waals surface area (Å²) in [4.78, 5) is 12.4. The van der Waals surface area contributed by atoms with Crippen molar-refractivity contribution in [2.75, 3.05) is 32.0 Å². The van der Waals surface area contributed by atoms with Gasteiger partial charge in [-0.1, -0.05) is 23.7 Å². The molecule has 0 amide bonds. The fourth-order valence-corrected chi connectivity index (χ4v) is 4.34. The molecule has 9 heteroatoms. The van der Waals surface area contributed by atoms with Gasteiger partial charge < -0.3 is 15.2 Å². The number of rotatable bonds is 5. The number of carbonyl (C=O) groups is 1. The molecular formula is C18H19ClN2O5S. The third-order valence-corrected chi connectivity index (χ3v) is 6.24. The van der Waals surface area contributed by atoms with E-state index < -0.39 is 16.0 Å². The number of ether oxygens (including phenoxy) is 2. The third-order valence-electron chi connectivity index (χ3n) is 4.11. The zero-order valence-corrected chi connectivity index (χ0v) is 16.0. The fourth-order valence-electron chi connectivity index (χ4n) is 2.68. The van der Waals surface area contributed by atoms with Crippen LogP contribution >= 0.6 is 11.6 Å². The van der Waals surface area contributed by atoms with Gasteiger partial charge in [0.2, 0.25) is 10.0 Å². The highest BCUT2D eigenvalue weighted by molar-refractivity contribution is 7.89. The Morgan fingerprint density at radius 1 is 1.19 bits per heavy atom. The minimum absolute atomic E-state index is 0.0760. The SMILES string of the molecule is Nc1cc(Cl)ccc1C(=O)OCc1cccc(S(=O)(=O)N2CCOCC2)c1. The van der Waals surface area contributed by atoms with E-state index in [1.165, 1.54) is 28.6 Å².